The molecule has 0 aromatic carbocycles. The number of nitriles is 1. The molecule has 0 radical (unpaired) electrons. The number of rotatable bonds is 9. The van der Waals surface area contributed by atoms with Crippen molar-refractivity contribution in [3.05, 3.63) is 21.9 Å². The normalized spacial score (nSPS) is 10.1. The van der Waals surface area contributed by atoms with Gasteiger partial charge in [-0.15, -0.1) is 11.3 Å². The molecule has 0 saturated carbocycles. The van der Waals surface area contributed by atoms with Crippen molar-refractivity contribution in [2.45, 2.75) is 0 Å². The van der Waals surface area contributed by atoms with E-state index in [9.17, 15) is 4.79 Å². The lowest BCUT2D eigenvalue weighted by atomic mass is 10.4. The Morgan fingerprint density at radius 3 is 2.68 bits per heavy atom. The summed E-state index contributed by atoms with van der Waals surface area (Å²) in [5, 5.41) is 12.2. The van der Waals surface area contributed by atoms with Gasteiger partial charge in [-0.05, 0) is 12.1 Å². The van der Waals surface area contributed by atoms with Crippen molar-refractivity contribution in [3.63, 3.8) is 0 Å². The van der Waals surface area contributed by atoms with Crippen molar-refractivity contribution in [1.82, 2.24) is 5.32 Å². The van der Waals surface area contributed by atoms with Gasteiger partial charge in [0, 0.05) is 11.9 Å². The first-order chi connectivity index (χ1) is 9.27. The van der Waals surface area contributed by atoms with Crippen molar-refractivity contribution in [2.24, 2.45) is 0 Å². The molecule has 1 aromatic heterocycles. The molecule has 1 amide bonds. The Morgan fingerprint density at radius 2 is 2.05 bits per heavy atom. The standard InChI is InChI=1S/C12H15BrN2O3S/c13-3-5-17-7-8-18-6-4-15-12(16)11-2-1-10(9-14)19-11/h1-2H,3-8H2,(H,15,16). The lowest BCUT2D eigenvalue weighted by molar-refractivity contribution is 0.0543. The van der Waals surface area contributed by atoms with E-state index in [0.717, 1.165) is 5.33 Å². The molecule has 0 aliphatic carbocycles. The average Bonchev–Trinajstić information content (AvgIpc) is 2.90. The average molecular weight is 347 g/mol. The molecule has 0 fully saturated rings. The van der Waals surface area contributed by atoms with Crippen molar-refractivity contribution >= 4 is 33.2 Å². The third-order valence-electron chi connectivity index (χ3n) is 2.07. The largest absolute Gasteiger partial charge is 0.378 e. The van der Waals surface area contributed by atoms with Crippen LogP contribution in [0.2, 0.25) is 0 Å². The van der Waals surface area contributed by atoms with E-state index in [1.165, 1.54) is 11.3 Å². The second kappa shape index (κ2) is 9.92. The highest BCUT2D eigenvalue weighted by Gasteiger charge is 2.07. The monoisotopic (exact) mass is 346 g/mol. The molecule has 0 aliphatic rings. The Hall–Kier alpha value is -0.940. The predicted molar refractivity (Wildman–Crippen MR) is 76.8 cm³/mol. The summed E-state index contributed by atoms with van der Waals surface area (Å²) in [6.45, 7) is 2.62. The summed E-state index contributed by atoms with van der Waals surface area (Å²) in [7, 11) is 0. The molecule has 1 rings (SSSR count). The molecule has 1 aromatic rings. The number of nitrogens with zero attached hydrogens (tertiary/aromatic N) is 1. The summed E-state index contributed by atoms with van der Waals surface area (Å²) < 4.78 is 10.5. The summed E-state index contributed by atoms with van der Waals surface area (Å²) in [6.07, 6.45) is 0. The van der Waals surface area contributed by atoms with E-state index in [4.69, 9.17) is 14.7 Å². The van der Waals surface area contributed by atoms with Gasteiger partial charge in [0.25, 0.3) is 5.91 Å². The van der Waals surface area contributed by atoms with Crippen LogP contribution in [0.15, 0.2) is 12.1 Å². The highest BCUT2D eigenvalue weighted by Crippen LogP contribution is 2.14. The van der Waals surface area contributed by atoms with E-state index in [1.54, 1.807) is 12.1 Å². The van der Waals surface area contributed by atoms with Crippen LogP contribution in [-0.2, 0) is 9.47 Å². The molecule has 0 bridgehead atoms. The zero-order chi connectivity index (χ0) is 13.9. The van der Waals surface area contributed by atoms with Crippen molar-refractivity contribution in [1.29, 1.82) is 5.26 Å². The smallest absolute Gasteiger partial charge is 0.261 e. The van der Waals surface area contributed by atoms with Crippen LogP contribution in [0, 0.1) is 11.3 Å². The summed E-state index contributed by atoms with van der Waals surface area (Å²) >= 11 is 4.44. The van der Waals surface area contributed by atoms with Gasteiger partial charge in [-0.1, -0.05) is 15.9 Å². The summed E-state index contributed by atoms with van der Waals surface area (Å²) in [6, 6.07) is 5.28. The second-order valence-electron chi connectivity index (χ2n) is 3.45. The quantitative estimate of drug-likeness (QED) is 0.546. The van der Waals surface area contributed by atoms with Crippen LogP contribution in [0.25, 0.3) is 0 Å². The maximum atomic E-state index is 11.7. The molecule has 7 heteroatoms. The number of carbonyl (C=O) groups excluding carboxylic acids is 1. The fourth-order valence-electron chi connectivity index (χ4n) is 1.22. The minimum atomic E-state index is -0.175. The number of hydrogen-bond acceptors (Lipinski definition) is 5. The number of amides is 1. The third kappa shape index (κ3) is 6.68. The molecular weight excluding hydrogens is 332 g/mol. The third-order valence-corrected chi connectivity index (χ3v) is 3.38. The molecule has 104 valence electrons. The molecule has 19 heavy (non-hydrogen) atoms. The van der Waals surface area contributed by atoms with Gasteiger partial charge in [-0.2, -0.15) is 5.26 Å². The number of carbonyl (C=O) groups is 1. The van der Waals surface area contributed by atoms with Crippen LogP contribution in [0.3, 0.4) is 0 Å². The Labute approximate surface area is 124 Å². The number of hydrogen-bond donors (Lipinski definition) is 1. The molecule has 1 heterocycles. The number of ether oxygens (including phenoxy) is 2. The van der Waals surface area contributed by atoms with Crippen LogP contribution in [0.1, 0.15) is 14.5 Å². The Bertz CT molecular complexity index is 431. The molecule has 1 N–H and O–H groups in total. The predicted octanol–water partition coefficient (Wildman–Crippen LogP) is 1.78. The van der Waals surface area contributed by atoms with Gasteiger partial charge in [0.2, 0.25) is 0 Å². The van der Waals surface area contributed by atoms with E-state index in [2.05, 4.69) is 21.2 Å². The number of halogens is 1. The zero-order valence-electron chi connectivity index (χ0n) is 10.4. The number of thiophene rings is 1. The molecule has 0 unspecified atom stereocenters. The van der Waals surface area contributed by atoms with Crippen LogP contribution < -0.4 is 5.32 Å². The van der Waals surface area contributed by atoms with Crippen molar-refractivity contribution < 1.29 is 14.3 Å². The van der Waals surface area contributed by atoms with E-state index >= 15 is 0 Å². The van der Waals surface area contributed by atoms with Gasteiger partial charge in [0.15, 0.2) is 0 Å². The fourth-order valence-corrected chi connectivity index (χ4v) is 2.17. The Balaban J connectivity index is 2.06. The van der Waals surface area contributed by atoms with Crippen molar-refractivity contribution in [2.75, 3.05) is 38.3 Å². The molecule has 0 saturated heterocycles. The van der Waals surface area contributed by atoms with Gasteiger partial charge in [0.1, 0.15) is 10.9 Å². The van der Waals surface area contributed by atoms with Crippen LogP contribution in [0.4, 0.5) is 0 Å². The topological polar surface area (TPSA) is 71.4 Å². The summed E-state index contributed by atoms with van der Waals surface area (Å²) in [5.74, 6) is -0.175. The Kier molecular flexibility index (Phi) is 8.41. The highest BCUT2D eigenvalue weighted by atomic mass is 79.9. The molecular formula is C12H15BrN2O3S. The summed E-state index contributed by atoms with van der Waals surface area (Å²) in [5.41, 5.74) is 0. The first kappa shape index (κ1) is 16.1. The maximum Gasteiger partial charge on any atom is 0.261 e. The van der Waals surface area contributed by atoms with Crippen LogP contribution >= 0.6 is 27.3 Å². The molecule has 0 aliphatic heterocycles. The van der Waals surface area contributed by atoms with Crippen LogP contribution in [0.5, 0.6) is 0 Å². The van der Waals surface area contributed by atoms with Gasteiger partial charge >= 0.3 is 0 Å². The second-order valence-corrected chi connectivity index (χ2v) is 5.32. The highest BCUT2D eigenvalue weighted by molar-refractivity contribution is 9.09. The zero-order valence-corrected chi connectivity index (χ0v) is 12.8. The molecule has 5 nitrogen and oxygen atoms in total. The number of alkyl halides is 1. The first-order valence-corrected chi connectivity index (χ1v) is 7.71. The fraction of sp³-hybridized carbons (Fsp3) is 0.500. The minimum absolute atomic E-state index is 0.175. The number of nitrogens with one attached hydrogen (secondary N) is 1. The van der Waals surface area contributed by atoms with E-state index in [-0.39, 0.29) is 5.91 Å². The van der Waals surface area contributed by atoms with E-state index in [1.807, 2.05) is 6.07 Å². The van der Waals surface area contributed by atoms with E-state index < -0.39 is 0 Å². The Morgan fingerprint density at radius 1 is 1.32 bits per heavy atom. The lowest BCUT2D eigenvalue weighted by Crippen LogP contribution is -2.27. The van der Waals surface area contributed by atoms with E-state index in [0.29, 0.717) is 42.7 Å². The van der Waals surface area contributed by atoms with Crippen molar-refractivity contribution in [3.8, 4) is 6.07 Å². The molecule has 0 atom stereocenters. The van der Waals surface area contributed by atoms with Crippen LogP contribution in [-0.4, -0.2) is 44.2 Å². The summed E-state index contributed by atoms with van der Waals surface area (Å²) in [4.78, 5) is 12.7. The first-order valence-electron chi connectivity index (χ1n) is 5.77. The van der Waals surface area contributed by atoms with Gasteiger partial charge in [-0.25, -0.2) is 0 Å². The maximum absolute atomic E-state index is 11.7. The van der Waals surface area contributed by atoms with Gasteiger partial charge in [-0.3, -0.25) is 4.79 Å². The SMILES string of the molecule is N#Cc1ccc(C(=O)NCCOCCOCCBr)s1. The van der Waals surface area contributed by atoms with Gasteiger partial charge < -0.3 is 14.8 Å². The molecule has 0 spiro atoms. The minimum Gasteiger partial charge on any atom is -0.378 e. The lowest BCUT2D eigenvalue weighted by Gasteiger charge is -2.05. The van der Waals surface area contributed by atoms with Gasteiger partial charge in [0.05, 0.1) is 31.3 Å².